The molecule has 0 atom stereocenters. The standard InChI is InChI=1S/C22H27N5O2/c1-23-22(24-9-7-18-15-26-10-5-4-6-21(26)25-18)27-11-8-16-12-19(28-2)20(29-3)13-17(16)14-27/h4-6,10,12-13,15H,7-9,11,14H2,1-3H3,(H,23,24). The molecule has 0 fully saturated rings. The number of aromatic nitrogens is 2. The van der Waals surface area contributed by atoms with Crippen molar-refractivity contribution in [1.82, 2.24) is 19.6 Å². The van der Waals surface area contributed by atoms with Gasteiger partial charge in [0.05, 0.1) is 19.9 Å². The van der Waals surface area contributed by atoms with Gasteiger partial charge in [-0.15, -0.1) is 0 Å². The third-order valence-electron chi connectivity index (χ3n) is 5.31. The van der Waals surface area contributed by atoms with Gasteiger partial charge in [0, 0.05) is 45.5 Å². The molecule has 2 aromatic heterocycles. The molecule has 0 aliphatic carbocycles. The predicted octanol–water partition coefficient (Wildman–Crippen LogP) is 2.53. The minimum Gasteiger partial charge on any atom is -0.493 e. The van der Waals surface area contributed by atoms with Crippen LogP contribution in [0.2, 0.25) is 0 Å². The Labute approximate surface area is 171 Å². The van der Waals surface area contributed by atoms with Gasteiger partial charge < -0.3 is 24.1 Å². The van der Waals surface area contributed by atoms with Crippen molar-refractivity contribution in [2.24, 2.45) is 4.99 Å². The van der Waals surface area contributed by atoms with Gasteiger partial charge in [-0.1, -0.05) is 6.07 Å². The van der Waals surface area contributed by atoms with Gasteiger partial charge >= 0.3 is 0 Å². The summed E-state index contributed by atoms with van der Waals surface area (Å²) in [5.41, 5.74) is 4.60. The minimum absolute atomic E-state index is 0.767. The quantitative estimate of drug-likeness (QED) is 0.533. The SMILES string of the molecule is CN=C(NCCc1cn2ccccc2n1)N1CCc2cc(OC)c(OC)cc2C1. The third kappa shape index (κ3) is 3.99. The van der Waals surface area contributed by atoms with Crippen LogP contribution in [-0.4, -0.2) is 54.6 Å². The van der Waals surface area contributed by atoms with E-state index < -0.39 is 0 Å². The lowest BCUT2D eigenvalue weighted by Gasteiger charge is -2.32. The number of nitrogens with one attached hydrogen (secondary N) is 1. The zero-order valence-corrected chi connectivity index (χ0v) is 17.2. The molecule has 1 aliphatic heterocycles. The Kier molecular flexibility index (Phi) is 5.55. The van der Waals surface area contributed by atoms with Crippen molar-refractivity contribution >= 4 is 11.6 Å². The first-order valence-electron chi connectivity index (χ1n) is 9.84. The number of nitrogens with zero attached hydrogens (tertiary/aromatic N) is 4. The number of methoxy groups -OCH3 is 2. The maximum atomic E-state index is 5.46. The van der Waals surface area contributed by atoms with Gasteiger partial charge in [-0.2, -0.15) is 0 Å². The molecular weight excluding hydrogens is 366 g/mol. The molecule has 29 heavy (non-hydrogen) atoms. The van der Waals surface area contributed by atoms with E-state index in [4.69, 9.17) is 9.47 Å². The number of fused-ring (bicyclic) bond motifs is 2. The van der Waals surface area contributed by atoms with E-state index in [2.05, 4.69) is 38.5 Å². The summed E-state index contributed by atoms with van der Waals surface area (Å²) in [6.45, 7) is 2.49. The van der Waals surface area contributed by atoms with Crippen LogP contribution in [0, 0.1) is 0 Å². The smallest absolute Gasteiger partial charge is 0.193 e. The Hall–Kier alpha value is -3.22. The van der Waals surface area contributed by atoms with Crippen molar-refractivity contribution in [3.63, 3.8) is 0 Å². The Morgan fingerprint density at radius 1 is 1.17 bits per heavy atom. The Bertz CT molecular complexity index is 994. The number of hydrogen-bond donors (Lipinski definition) is 1. The van der Waals surface area contributed by atoms with Crippen LogP contribution >= 0.6 is 0 Å². The van der Waals surface area contributed by atoms with E-state index in [1.54, 1.807) is 14.2 Å². The van der Waals surface area contributed by atoms with Crippen LogP contribution < -0.4 is 14.8 Å². The average molecular weight is 393 g/mol. The number of imidazole rings is 1. The predicted molar refractivity (Wildman–Crippen MR) is 114 cm³/mol. The summed E-state index contributed by atoms with van der Waals surface area (Å²) < 4.78 is 12.9. The fourth-order valence-corrected chi connectivity index (χ4v) is 3.81. The van der Waals surface area contributed by atoms with E-state index in [0.717, 1.165) is 61.3 Å². The van der Waals surface area contributed by atoms with E-state index in [-0.39, 0.29) is 0 Å². The van der Waals surface area contributed by atoms with Crippen LogP contribution in [0.3, 0.4) is 0 Å². The molecule has 1 N–H and O–H groups in total. The van der Waals surface area contributed by atoms with Crippen LogP contribution in [0.15, 0.2) is 47.7 Å². The molecule has 3 aromatic rings. The lowest BCUT2D eigenvalue weighted by molar-refractivity contribution is 0.346. The summed E-state index contributed by atoms with van der Waals surface area (Å²) in [7, 11) is 5.18. The summed E-state index contributed by atoms with van der Waals surface area (Å²) in [5.74, 6) is 2.46. The molecule has 0 amide bonds. The number of rotatable bonds is 5. The van der Waals surface area contributed by atoms with Crippen molar-refractivity contribution in [2.75, 3.05) is 34.4 Å². The molecule has 0 saturated carbocycles. The zero-order valence-electron chi connectivity index (χ0n) is 17.2. The molecule has 0 spiro atoms. The van der Waals surface area contributed by atoms with Gasteiger partial charge in [-0.25, -0.2) is 4.98 Å². The lowest BCUT2D eigenvalue weighted by atomic mass is 9.99. The molecule has 3 heterocycles. The van der Waals surface area contributed by atoms with Crippen LogP contribution in [0.5, 0.6) is 11.5 Å². The second-order valence-electron chi connectivity index (χ2n) is 7.07. The van der Waals surface area contributed by atoms with E-state index in [1.165, 1.54) is 11.1 Å². The lowest BCUT2D eigenvalue weighted by Crippen LogP contribution is -2.44. The van der Waals surface area contributed by atoms with Gasteiger partial charge in [-0.3, -0.25) is 4.99 Å². The normalized spacial score (nSPS) is 14.0. The summed E-state index contributed by atoms with van der Waals surface area (Å²) in [6, 6.07) is 10.2. The van der Waals surface area contributed by atoms with Crippen LogP contribution in [-0.2, 0) is 19.4 Å². The molecule has 4 rings (SSSR count). The highest BCUT2D eigenvalue weighted by molar-refractivity contribution is 5.80. The maximum Gasteiger partial charge on any atom is 0.193 e. The van der Waals surface area contributed by atoms with Crippen molar-refractivity contribution in [3.05, 3.63) is 59.5 Å². The van der Waals surface area contributed by atoms with E-state index in [0.29, 0.717) is 0 Å². The Morgan fingerprint density at radius 3 is 2.69 bits per heavy atom. The highest BCUT2D eigenvalue weighted by atomic mass is 16.5. The van der Waals surface area contributed by atoms with Crippen molar-refractivity contribution in [2.45, 2.75) is 19.4 Å². The second-order valence-corrected chi connectivity index (χ2v) is 7.07. The molecule has 7 nitrogen and oxygen atoms in total. The Balaban J connectivity index is 1.39. The largest absolute Gasteiger partial charge is 0.493 e. The highest BCUT2D eigenvalue weighted by Gasteiger charge is 2.21. The Morgan fingerprint density at radius 2 is 1.97 bits per heavy atom. The first-order valence-corrected chi connectivity index (χ1v) is 9.84. The van der Waals surface area contributed by atoms with Crippen LogP contribution in [0.25, 0.3) is 5.65 Å². The number of benzene rings is 1. The van der Waals surface area contributed by atoms with E-state index in [9.17, 15) is 0 Å². The van der Waals surface area contributed by atoms with E-state index in [1.807, 2.05) is 35.8 Å². The summed E-state index contributed by atoms with van der Waals surface area (Å²) in [6.07, 6.45) is 5.89. The average Bonchev–Trinajstić information content (AvgIpc) is 3.18. The summed E-state index contributed by atoms with van der Waals surface area (Å²) in [4.78, 5) is 11.4. The monoisotopic (exact) mass is 393 g/mol. The third-order valence-corrected chi connectivity index (χ3v) is 5.31. The fourth-order valence-electron chi connectivity index (χ4n) is 3.81. The zero-order chi connectivity index (χ0) is 20.2. The number of pyridine rings is 1. The second kappa shape index (κ2) is 8.43. The van der Waals surface area contributed by atoms with Gasteiger partial charge in [0.15, 0.2) is 17.5 Å². The number of guanidine groups is 1. The number of aliphatic imine (C=N–C) groups is 1. The van der Waals surface area contributed by atoms with Crippen LogP contribution in [0.4, 0.5) is 0 Å². The van der Waals surface area contributed by atoms with Gasteiger partial charge in [0.1, 0.15) is 5.65 Å². The molecule has 0 unspecified atom stereocenters. The minimum atomic E-state index is 0.767. The topological polar surface area (TPSA) is 63.4 Å². The van der Waals surface area contributed by atoms with Crippen molar-refractivity contribution < 1.29 is 9.47 Å². The molecule has 1 aliphatic rings. The maximum absolute atomic E-state index is 5.46. The van der Waals surface area contributed by atoms with Gasteiger partial charge in [0.25, 0.3) is 0 Å². The summed E-state index contributed by atoms with van der Waals surface area (Å²) in [5, 5.41) is 3.48. The fraction of sp³-hybridized carbons (Fsp3) is 0.364. The number of hydrogen-bond acceptors (Lipinski definition) is 4. The molecule has 0 saturated heterocycles. The molecule has 152 valence electrons. The summed E-state index contributed by atoms with van der Waals surface area (Å²) >= 11 is 0. The molecule has 1 aromatic carbocycles. The molecule has 0 bridgehead atoms. The van der Waals surface area contributed by atoms with Crippen molar-refractivity contribution in [1.29, 1.82) is 0 Å². The van der Waals surface area contributed by atoms with Crippen molar-refractivity contribution in [3.8, 4) is 11.5 Å². The van der Waals surface area contributed by atoms with Crippen LogP contribution in [0.1, 0.15) is 16.8 Å². The van der Waals surface area contributed by atoms with Gasteiger partial charge in [0.2, 0.25) is 0 Å². The molecular formula is C22H27N5O2. The molecule has 0 radical (unpaired) electrons. The van der Waals surface area contributed by atoms with E-state index >= 15 is 0 Å². The first-order chi connectivity index (χ1) is 14.2. The number of ether oxygens (including phenoxy) is 2. The highest BCUT2D eigenvalue weighted by Crippen LogP contribution is 2.33. The first kappa shape index (κ1) is 19.1. The van der Waals surface area contributed by atoms with Gasteiger partial charge in [-0.05, 0) is 41.8 Å². The molecule has 7 heteroatoms.